The van der Waals surface area contributed by atoms with Gasteiger partial charge in [-0.15, -0.1) is 0 Å². The fraction of sp³-hybridized carbons (Fsp3) is 0.812. The molecule has 0 aliphatic rings. The largest absolute Gasteiger partial charge is 0.481 e. The average Bonchev–Trinajstić information content (AvgIpc) is 2.34. The molecule has 0 fully saturated rings. The van der Waals surface area contributed by atoms with Crippen molar-refractivity contribution < 1.29 is 51.6 Å². The molecular weight excluding hydrogens is 364 g/mol. The number of carbonyl (C=O) groups is 1. The minimum atomic E-state index is -0.666. The van der Waals surface area contributed by atoms with Crippen molar-refractivity contribution in [3.05, 3.63) is 12.2 Å². The second kappa shape index (κ2) is 18.6. The first kappa shape index (κ1) is 21.9. The van der Waals surface area contributed by atoms with Crippen LogP contribution < -0.4 is 0 Å². The van der Waals surface area contributed by atoms with Crippen LogP contribution in [0.2, 0.25) is 0 Å². The number of hydrogen-bond acceptors (Lipinski definition) is 1. The third-order valence-corrected chi connectivity index (χ3v) is 3.15. The summed E-state index contributed by atoms with van der Waals surface area (Å²) in [7, 11) is 0. The van der Waals surface area contributed by atoms with E-state index in [0.717, 1.165) is 12.8 Å². The van der Waals surface area contributed by atoms with Gasteiger partial charge in [0.05, 0.1) is 0 Å². The summed E-state index contributed by atoms with van der Waals surface area (Å²) in [6.07, 6.45) is 18.3. The van der Waals surface area contributed by atoms with Gasteiger partial charge in [-0.2, -0.15) is 0 Å². The van der Waals surface area contributed by atoms with Crippen LogP contribution in [-0.4, -0.2) is 11.1 Å². The fourth-order valence-electron chi connectivity index (χ4n) is 1.99. The topological polar surface area (TPSA) is 37.3 Å². The maximum Gasteiger partial charge on any atom is 0.303 e. The third kappa shape index (κ3) is 21.0. The van der Waals surface area contributed by atoms with E-state index in [-0.39, 0.29) is 41.7 Å². The second-order valence-corrected chi connectivity index (χ2v) is 5.02. The predicted octanol–water partition coefficient (Wildman–Crippen LogP) is 5.33. The molecule has 0 unspecified atom stereocenters. The number of unbranched alkanes of at least 4 members (excludes halogenated alkanes) is 9. The Bertz CT molecular complexity index is 215. The Balaban J connectivity index is 0. The van der Waals surface area contributed by atoms with E-state index >= 15 is 0 Å². The van der Waals surface area contributed by atoms with Gasteiger partial charge >= 0.3 is 5.97 Å². The van der Waals surface area contributed by atoms with Crippen LogP contribution in [0.25, 0.3) is 0 Å². The summed E-state index contributed by atoms with van der Waals surface area (Å²) in [5.74, 6) is -0.666. The van der Waals surface area contributed by atoms with E-state index in [2.05, 4.69) is 19.1 Å². The van der Waals surface area contributed by atoms with E-state index in [1.54, 1.807) is 0 Å². The first-order chi connectivity index (χ1) is 8.77. The predicted molar refractivity (Wildman–Crippen MR) is 77.9 cm³/mol. The summed E-state index contributed by atoms with van der Waals surface area (Å²) in [6.45, 7) is 2.24. The van der Waals surface area contributed by atoms with Crippen molar-refractivity contribution in [3.63, 3.8) is 0 Å². The van der Waals surface area contributed by atoms with E-state index in [0.29, 0.717) is 6.42 Å². The number of allylic oxidation sites excluding steroid dienone is 2. The average molecular weight is 395 g/mol. The molecular formula is C16H30CeO2. The van der Waals surface area contributed by atoms with Crippen LogP contribution in [-0.2, 0) is 4.79 Å². The van der Waals surface area contributed by atoms with Crippen molar-refractivity contribution in [3.8, 4) is 0 Å². The molecule has 0 radical (unpaired) electrons. The Morgan fingerprint density at radius 2 is 1.32 bits per heavy atom. The molecule has 0 bridgehead atoms. The van der Waals surface area contributed by atoms with Crippen molar-refractivity contribution in [2.45, 2.75) is 84.0 Å². The van der Waals surface area contributed by atoms with Crippen LogP contribution in [0.4, 0.5) is 0 Å². The first-order valence-electron chi connectivity index (χ1n) is 7.64. The van der Waals surface area contributed by atoms with Crippen molar-refractivity contribution in [2.24, 2.45) is 0 Å². The molecule has 1 N–H and O–H groups in total. The third-order valence-electron chi connectivity index (χ3n) is 3.15. The van der Waals surface area contributed by atoms with Gasteiger partial charge in [0.15, 0.2) is 0 Å². The van der Waals surface area contributed by atoms with Crippen molar-refractivity contribution in [1.29, 1.82) is 0 Å². The van der Waals surface area contributed by atoms with Gasteiger partial charge in [0, 0.05) is 48.2 Å². The summed E-state index contributed by atoms with van der Waals surface area (Å²) in [5, 5.41) is 8.48. The summed E-state index contributed by atoms with van der Waals surface area (Å²) in [5.41, 5.74) is 0. The molecule has 0 aromatic rings. The van der Waals surface area contributed by atoms with Crippen LogP contribution in [0.1, 0.15) is 84.0 Å². The van der Waals surface area contributed by atoms with Gasteiger partial charge in [-0.3, -0.25) is 4.79 Å². The molecule has 0 aromatic carbocycles. The Kier molecular flexibility index (Phi) is 21.4. The maximum atomic E-state index is 10.3. The molecule has 3 heteroatoms. The van der Waals surface area contributed by atoms with Crippen molar-refractivity contribution >= 4 is 5.97 Å². The Labute approximate surface area is 152 Å². The Morgan fingerprint density at radius 1 is 0.842 bits per heavy atom. The zero-order valence-corrected chi connectivity index (χ0v) is 15.6. The molecule has 19 heavy (non-hydrogen) atoms. The summed E-state index contributed by atoms with van der Waals surface area (Å²) < 4.78 is 0. The standard InChI is InChI=1S/C16H30O2.Ce/c1-2-3-4-5-6-7-8-9-10-11-12-13-14-15-16(17)18;/h7-8H,2-6,9-15H2,1H3,(H,17,18);/b8-7-;. The van der Waals surface area contributed by atoms with Gasteiger partial charge in [0.2, 0.25) is 0 Å². The van der Waals surface area contributed by atoms with E-state index in [1.807, 2.05) is 0 Å². The summed E-state index contributed by atoms with van der Waals surface area (Å²) in [4.78, 5) is 10.3. The molecule has 0 amide bonds. The van der Waals surface area contributed by atoms with Gasteiger partial charge in [-0.1, -0.05) is 57.6 Å². The van der Waals surface area contributed by atoms with E-state index in [1.165, 1.54) is 57.8 Å². The summed E-state index contributed by atoms with van der Waals surface area (Å²) >= 11 is 0. The molecule has 2 nitrogen and oxygen atoms in total. The smallest absolute Gasteiger partial charge is 0.303 e. The number of hydrogen-bond donors (Lipinski definition) is 1. The molecule has 0 spiro atoms. The van der Waals surface area contributed by atoms with Gasteiger partial charge in [0.25, 0.3) is 0 Å². The quantitative estimate of drug-likeness (QED) is 0.339. The molecule has 0 saturated heterocycles. The molecule has 0 saturated carbocycles. The fourth-order valence-corrected chi connectivity index (χ4v) is 1.99. The normalized spacial score (nSPS) is 10.6. The van der Waals surface area contributed by atoms with Crippen LogP contribution >= 0.6 is 0 Å². The minimum absolute atomic E-state index is 0. The second-order valence-electron chi connectivity index (χ2n) is 5.02. The number of carboxylic acid groups (broad SMARTS) is 1. The Hall–Kier alpha value is 0.587. The zero-order valence-electron chi connectivity index (χ0n) is 12.5. The number of aliphatic carboxylic acids is 1. The molecule has 0 heterocycles. The zero-order chi connectivity index (χ0) is 13.5. The van der Waals surface area contributed by atoms with E-state index < -0.39 is 5.97 Å². The molecule has 110 valence electrons. The minimum Gasteiger partial charge on any atom is -0.481 e. The summed E-state index contributed by atoms with van der Waals surface area (Å²) in [6, 6.07) is 0. The van der Waals surface area contributed by atoms with Gasteiger partial charge in [-0.05, 0) is 32.1 Å². The van der Waals surface area contributed by atoms with Crippen LogP contribution in [0, 0.1) is 41.7 Å². The molecule has 0 atom stereocenters. The van der Waals surface area contributed by atoms with Gasteiger partial charge in [0.1, 0.15) is 0 Å². The number of rotatable bonds is 13. The van der Waals surface area contributed by atoms with Crippen LogP contribution in [0.5, 0.6) is 0 Å². The number of carboxylic acids is 1. The molecule has 0 aliphatic carbocycles. The van der Waals surface area contributed by atoms with Crippen molar-refractivity contribution in [2.75, 3.05) is 0 Å². The SMILES string of the molecule is CCCCCC/C=C\CCCCCCCC(=O)O.[Ce]. The van der Waals surface area contributed by atoms with Gasteiger partial charge < -0.3 is 5.11 Å². The van der Waals surface area contributed by atoms with Crippen LogP contribution in [0.15, 0.2) is 12.2 Å². The molecule has 0 aromatic heterocycles. The van der Waals surface area contributed by atoms with Gasteiger partial charge in [-0.25, -0.2) is 0 Å². The maximum absolute atomic E-state index is 10.3. The van der Waals surface area contributed by atoms with Crippen molar-refractivity contribution in [1.82, 2.24) is 0 Å². The molecule has 0 rings (SSSR count). The first-order valence-corrected chi connectivity index (χ1v) is 7.64. The van der Waals surface area contributed by atoms with Crippen LogP contribution in [0.3, 0.4) is 0 Å². The monoisotopic (exact) mass is 394 g/mol. The Morgan fingerprint density at radius 3 is 1.84 bits per heavy atom. The van der Waals surface area contributed by atoms with E-state index in [9.17, 15) is 4.79 Å². The molecule has 0 aliphatic heterocycles. The van der Waals surface area contributed by atoms with E-state index in [4.69, 9.17) is 5.11 Å².